The minimum absolute atomic E-state index is 0.723. The van der Waals surface area contributed by atoms with Crippen LogP contribution in [0.2, 0.25) is 5.02 Å². The second-order valence-electron chi connectivity index (χ2n) is 4.69. The number of para-hydroxylation sites is 1. The number of rotatable bonds is 2. The summed E-state index contributed by atoms with van der Waals surface area (Å²) in [5.74, 6) is 0.845. The van der Waals surface area contributed by atoms with E-state index >= 15 is 0 Å². The summed E-state index contributed by atoms with van der Waals surface area (Å²) in [6.07, 6.45) is 0. The van der Waals surface area contributed by atoms with Gasteiger partial charge >= 0.3 is 0 Å². The summed E-state index contributed by atoms with van der Waals surface area (Å²) in [7, 11) is 1.67. The number of aryl methyl sites for hydroxylation is 1. The maximum absolute atomic E-state index is 6.36. The Hall–Kier alpha value is -2.06. The molecule has 0 atom stereocenters. The second kappa shape index (κ2) is 5.14. The lowest BCUT2D eigenvalue weighted by Gasteiger charge is -2.09. The van der Waals surface area contributed by atoms with Crippen LogP contribution in [0.5, 0.6) is 5.75 Å². The van der Waals surface area contributed by atoms with Crippen LogP contribution in [0.3, 0.4) is 0 Å². The van der Waals surface area contributed by atoms with Gasteiger partial charge in [-0.15, -0.1) is 0 Å². The fourth-order valence-electron chi connectivity index (χ4n) is 2.32. The molecule has 0 amide bonds. The third kappa shape index (κ3) is 2.23. The molecule has 0 N–H and O–H groups in total. The first kappa shape index (κ1) is 12.9. The molecule has 100 valence electrons. The van der Waals surface area contributed by atoms with Crippen molar-refractivity contribution in [2.24, 2.45) is 0 Å². The van der Waals surface area contributed by atoms with Gasteiger partial charge in [0.1, 0.15) is 5.75 Å². The van der Waals surface area contributed by atoms with Crippen LogP contribution in [-0.4, -0.2) is 12.1 Å². The van der Waals surface area contributed by atoms with Crippen LogP contribution in [0.15, 0.2) is 48.5 Å². The lowest BCUT2D eigenvalue weighted by Crippen LogP contribution is -1.91. The average molecular weight is 284 g/mol. The van der Waals surface area contributed by atoms with Crippen LogP contribution in [0, 0.1) is 6.92 Å². The molecule has 3 rings (SSSR count). The highest BCUT2D eigenvalue weighted by Gasteiger charge is 2.08. The first-order valence-electron chi connectivity index (χ1n) is 6.39. The number of aromatic nitrogens is 1. The highest BCUT2D eigenvalue weighted by Crippen LogP contribution is 2.30. The van der Waals surface area contributed by atoms with E-state index in [9.17, 15) is 0 Å². The quantitative estimate of drug-likeness (QED) is 0.669. The molecule has 20 heavy (non-hydrogen) atoms. The van der Waals surface area contributed by atoms with Crippen LogP contribution in [-0.2, 0) is 0 Å². The van der Waals surface area contributed by atoms with Gasteiger partial charge in [0.15, 0.2) is 0 Å². The summed E-state index contributed by atoms with van der Waals surface area (Å²) in [5, 5.41) is 1.70. The van der Waals surface area contributed by atoms with E-state index in [0.717, 1.165) is 38.5 Å². The molecule has 2 aromatic carbocycles. The Morgan fingerprint density at radius 2 is 1.85 bits per heavy atom. The molecular formula is C17H14ClNO. The number of methoxy groups -OCH3 is 1. The Kier molecular flexibility index (Phi) is 3.33. The summed E-state index contributed by atoms with van der Waals surface area (Å²) in [6, 6.07) is 15.8. The van der Waals surface area contributed by atoms with Crippen LogP contribution in [0.25, 0.3) is 22.2 Å². The lowest BCUT2D eigenvalue weighted by molar-refractivity contribution is 0.414. The molecule has 0 bridgehead atoms. The largest absolute Gasteiger partial charge is 0.497 e. The van der Waals surface area contributed by atoms with Gasteiger partial charge in [-0.05, 0) is 42.8 Å². The molecule has 0 fully saturated rings. The van der Waals surface area contributed by atoms with Crippen molar-refractivity contribution in [3.63, 3.8) is 0 Å². The number of hydrogen-bond acceptors (Lipinski definition) is 2. The third-order valence-corrected chi connectivity index (χ3v) is 3.69. The van der Waals surface area contributed by atoms with Crippen LogP contribution < -0.4 is 4.74 Å². The van der Waals surface area contributed by atoms with Crippen molar-refractivity contribution in [2.45, 2.75) is 6.92 Å². The minimum atomic E-state index is 0.723. The second-order valence-corrected chi connectivity index (χ2v) is 5.09. The summed E-state index contributed by atoms with van der Waals surface area (Å²) < 4.78 is 5.23. The van der Waals surface area contributed by atoms with Gasteiger partial charge in [-0.1, -0.05) is 29.8 Å². The van der Waals surface area contributed by atoms with E-state index in [1.807, 2.05) is 55.5 Å². The molecule has 0 spiro atoms. The van der Waals surface area contributed by atoms with Crippen LogP contribution in [0.1, 0.15) is 5.56 Å². The van der Waals surface area contributed by atoms with Gasteiger partial charge in [0.05, 0.1) is 23.3 Å². The highest BCUT2D eigenvalue weighted by atomic mass is 35.5. The van der Waals surface area contributed by atoms with Gasteiger partial charge in [0.25, 0.3) is 0 Å². The minimum Gasteiger partial charge on any atom is -0.497 e. The Bertz CT molecular complexity index is 783. The SMILES string of the molecule is COc1ccc(-c2cc(Cl)c3ccccc3n2)c(C)c1. The summed E-state index contributed by atoms with van der Waals surface area (Å²) >= 11 is 6.36. The topological polar surface area (TPSA) is 22.1 Å². The predicted octanol–water partition coefficient (Wildman–Crippen LogP) is 4.87. The van der Waals surface area contributed by atoms with Crippen LogP contribution >= 0.6 is 11.6 Å². The van der Waals surface area contributed by atoms with Gasteiger partial charge in [0, 0.05) is 10.9 Å². The van der Waals surface area contributed by atoms with Gasteiger partial charge in [-0.3, -0.25) is 0 Å². The van der Waals surface area contributed by atoms with E-state index in [1.54, 1.807) is 7.11 Å². The Balaban J connectivity index is 2.19. The molecular weight excluding hydrogens is 270 g/mol. The van der Waals surface area contributed by atoms with Crippen molar-refractivity contribution >= 4 is 22.5 Å². The number of ether oxygens (including phenoxy) is 1. The molecule has 0 aliphatic carbocycles. The van der Waals surface area contributed by atoms with Crippen molar-refractivity contribution in [1.82, 2.24) is 4.98 Å². The number of fused-ring (bicyclic) bond motifs is 1. The smallest absolute Gasteiger partial charge is 0.119 e. The van der Waals surface area contributed by atoms with Gasteiger partial charge < -0.3 is 4.74 Å². The fraction of sp³-hybridized carbons (Fsp3) is 0.118. The molecule has 0 unspecified atom stereocenters. The van der Waals surface area contributed by atoms with E-state index in [0.29, 0.717) is 0 Å². The molecule has 1 aromatic heterocycles. The predicted molar refractivity (Wildman–Crippen MR) is 83.5 cm³/mol. The van der Waals surface area contributed by atoms with Crippen LogP contribution in [0.4, 0.5) is 0 Å². The number of benzene rings is 2. The summed E-state index contributed by atoms with van der Waals surface area (Å²) in [4.78, 5) is 4.70. The fourth-order valence-corrected chi connectivity index (χ4v) is 2.58. The van der Waals surface area contributed by atoms with Gasteiger partial charge in [-0.2, -0.15) is 0 Å². The van der Waals surface area contributed by atoms with Crippen molar-refractivity contribution < 1.29 is 4.74 Å². The Labute approximate surface area is 123 Å². The lowest BCUT2D eigenvalue weighted by atomic mass is 10.0. The van der Waals surface area contributed by atoms with Crippen molar-refractivity contribution in [2.75, 3.05) is 7.11 Å². The van der Waals surface area contributed by atoms with E-state index in [4.69, 9.17) is 21.3 Å². The maximum Gasteiger partial charge on any atom is 0.119 e. The summed E-state index contributed by atoms with van der Waals surface area (Å²) in [5.41, 5.74) is 3.97. The zero-order valence-electron chi connectivity index (χ0n) is 11.4. The molecule has 0 saturated heterocycles. The Morgan fingerprint density at radius 1 is 1.05 bits per heavy atom. The molecule has 1 heterocycles. The normalized spacial score (nSPS) is 10.8. The van der Waals surface area contributed by atoms with E-state index in [2.05, 4.69) is 0 Å². The van der Waals surface area contributed by atoms with E-state index < -0.39 is 0 Å². The molecule has 2 nitrogen and oxygen atoms in total. The summed E-state index contributed by atoms with van der Waals surface area (Å²) in [6.45, 7) is 2.04. The molecule has 0 aliphatic rings. The first-order chi connectivity index (χ1) is 9.69. The zero-order valence-corrected chi connectivity index (χ0v) is 12.1. The van der Waals surface area contributed by atoms with E-state index in [-0.39, 0.29) is 0 Å². The van der Waals surface area contributed by atoms with Crippen molar-refractivity contribution in [3.05, 3.63) is 59.1 Å². The molecule has 3 heteroatoms. The molecule has 0 saturated carbocycles. The third-order valence-electron chi connectivity index (χ3n) is 3.38. The number of pyridine rings is 1. The average Bonchev–Trinajstić information content (AvgIpc) is 2.47. The zero-order chi connectivity index (χ0) is 14.1. The molecule has 0 aliphatic heterocycles. The monoisotopic (exact) mass is 283 g/mol. The standard InChI is InChI=1S/C17H14ClNO/c1-11-9-12(20-2)7-8-13(11)17-10-15(18)14-5-3-4-6-16(14)19-17/h3-10H,1-2H3. The number of halogens is 1. The highest BCUT2D eigenvalue weighted by molar-refractivity contribution is 6.35. The van der Waals surface area contributed by atoms with Crippen molar-refractivity contribution in [3.8, 4) is 17.0 Å². The van der Waals surface area contributed by atoms with Crippen molar-refractivity contribution in [1.29, 1.82) is 0 Å². The number of hydrogen-bond donors (Lipinski definition) is 0. The Morgan fingerprint density at radius 3 is 2.60 bits per heavy atom. The van der Waals surface area contributed by atoms with E-state index in [1.165, 1.54) is 0 Å². The maximum atomic E-state index is 6.36. The van der Waals surface area contributed by atoms with Gasteiger partial charge in [0.2, 0.25) is 0 Å². The van der Waals surface area contributed by atoms with Gasteiger partial charge in [-0.25, -0.2) is 4.98 Å². The molecule has 0 radical (unpaired) electrons. The first-order valence-corrected chi connectivity index (χ1v) is 6.77. The molecule has 3 aromatic rings. The number of nitrogens with zero attached hydrogens (tertiary/aromatic N) is 1.